The molecule has 1 N–H and O–H groups in total. The van der Waals surface area contributed by atoms with Gasteiger partial charge < -0.3 is 10.1 Å². The maximum atomic E-state index is 5.71. The zero-order valence-electron chi connectivity index (χ0n) is 15.3. The lowest BCUT2D eigenvalue weighted by Crippen LogP contribution is -2.28. The first-order chi connectivity index (χ1) is 9.04. The van der Waals surface area contributed by atoms with Crippen molar-refractivity contribution in [2.24, 2.45) is 10.8 Å². The molecule has 2 heteroatoms. The Balaban J connectivity index is 4.01. The fraction of sp³-hybridized carbons (Fsp3) is 1.00. The van der Waals surface area contributed by atoms with Crippen LogP contribution in [0, 0.1) is 10.8 Å². The topological polar surface area (TPSA) is 21.3 Å². The van der Waals surface area contributed by atoms with E-state index in [-0.39, 0.29) is 0 Å². The molecule has 0 atom stereocenters. The fourth-order valence-electron chi connectivity index (χ4n) is 3.00. The highest BCUT2D eigenvalue weighted by molar-refractivity contribution is 4.79. The minimum absolute atomic E-state index is 0.348. The van der Waals surface area contributed by atoms with Crippen LogP contribution in [0.1, 0.15) is 81.1 Å². The first-order valence-corrected chi connectivity index (χ1v) is 8.39. The summed E-state index contributed by atoms with van der Waals surface area (Å²) in [5.41, 5.74) is 0.782. The molecule has 20 heavy (non-hydrogen) atoms. The summed E-state index contributed by atoms with van der Waals surface area (Å²) in [4.78, 5) is 0. The van der Waals surface area contributed by atoms with Crippen molar-refractivity contribution < 1.29 is 4.74 Å². The highest BCUT2D eigenvalue weighted by atomic mass is 16.5. The van der Waals surface area contributed by atoms with Crippen LogP contribution in [0.25, 0.3) is 0 Å². The van der Waals surface area contributed by atoms with E-state index in [0.717, 1.165) is 19.6 Å². The molecule has 0 bridgehead atoms. The van der Waals surface area contributed by atoms with Crippen LogP contribution < -0.4 is 5.32 Å². The third-order valence-electron chi connectivity index (χ3n) is 3.77. The van der Waals surface area contributed by atoms with Gasteiger partial charge in [-0.3, -0.25) is 0 Å². The Bertz CT molecular complexity index is 244. The normalized spacial score (nSPS) is 13.5. The molecule has 0 heterocycles. The van der Waals surface area contributed by atoms with Crippen molar-refractivity contribution in [1.82, 2.24) is 5.32 Å². The lowest BCUT2D eigenvalue weighted by molar-refractivity contribution is 0.0462. The van der Waals surface area contributed by atoms with Crippen molar-refractivity contribution in [3.8, 4) is 0 Å². The standard InChI is InChI=1S/C18H39NO/c1-15(2)19-12-9-10-17(5,6)14-18(7,8)11-13-20-16(3)4/h15-16,19H,9-14H2,1-8H3. The van der Waals surface area contributed by atoms with Crippen LogP contribution in [-0.4, -0.2) is 25.3 Å². The van der Waals surface area contributed by atoms with Crippen molar-refractivity contribution >= 4 is 0 Å². The van der Waals surface area contributed by atoms with E-state index in [4.69, 9.17) is 4.74 Å². The quantitative estimate of drug-likeness (QED) is 0.538. The monoisotopic (exact) mass is 285 g/mol. The van der Waals surface area contributed by atoms with Gasteiger partial charge in [-0.25, -0.2) is 0 Å². The van der Waals surface area contributed by atoms with Crippen molar-refractivity contribution in [2.45, 2.75) is 93.2 Å². The average molecular weight is 286 g/mol. The third kappa shape index (κ3) is 11.7. The lowest BCUT2D eigenvalue weighted by Gasteiger charge is -2.35. The minimum Gasteiger partial charge on any atom is -0.379 e. The van der Waals surface area contributed by atoms with E-state index < -0.39 is 0 Å². The van der Waals surface area contributed by atoms with Gasteiger partial charge in [-0.1, -0.05) is 41.5 Å². The van der Waals surface area contributed by atoms with E-state index in [0.29, 0.717) is 23.0 Å². The van der Waals surface area contributed by atoms with Gasteiger partial charge >= 0.3 is 0 Å². The van der Waals surface area contributed by atoms with Crippen LogP contribution in [0.3, 0.4) is 0 Å². The predicted molar refractivity (Wildman–Crippen MR) is 90.3 cm³/mol. The molecular formula is C18H39NO. The number of ether oxygens (including phenoxy) is 1. The molecule has 0 fully saturated rings. The van der Waals surface area contributed by atoms with Crippen molar-refractivity contribution in [3.05, 3.63) is 0 Å². The van der Waals surface area contributed by atoms with Crippen molar-refractivity contribution in [2.75, 3.05) is 13.2 Å². The number of rotatable bonds is 11. The summed E-state index contributed by atoms with van der Waals surface area (Å²) in [6.45, 7) is 20.2. The number of hydrogen-bond donors (Lipinski definition) is 1. The van der Waals surface area contributed by atoms with E-state index in [1.807, 2.05) is 0 Å². The molecule has 0 aliphatic carbocycles. The minimum atomic E-state index is 0.348. The molecule has 2 nitrogen and oxygen atoms in total. The van der Waals surface area contributed by atoms with Crippen LogP contribution in [0.2, 0.25) is 0 Å². The highest BCUT2D eigenvalue weighted by Gasteiger charge is 2.28. The van der Waals surface area contributed by atoms with Crippen molar-refractivity contribution in [3.63, 3.8) is 0 Å². The van der Waals surface area contributed by atoms with Gasteiger partial charge in [0.05, 0.1) is 6.10 Å². The molecule has 0 aliphatic heterocycles. The van der Waals surface area contributed by atoms with Gasteiger partial charge in [-0.2, -0.15) is 0 Å². The molecule has 0 saturated heterocycles. The van der Waals surface area contributed by atoms with E-state index in [2.05, 4.69) is 60.7 Å². The first kappa shape index (κ1) is 19.9. The summed E-state index contributed by atoms with van der Waals surface area (Å²) in [7, 11) is 0. The van der Waals surface area contributed by atoms with Crippen LogP contribution in [0.4, 0.5) is 0 Å². The highest BCUT2D eigenvalue weighted by Crippen LogP contribution is 2.39. The second-order valence-electron chi connectivity index (χ2n) is 8.39. The zero-order valence-corrected chi connectivity index (χ0v) is 15.3. The van der Waals surface area contributed by atoms with Gasteiger partial charge in [0, 0.05) is 12.6 Å². The van der Waals surface area contributed by atoms with Gasteiger partial charge in [-0.15, -0.1) is 0 Å². The summed E-state index contributed by atoms with van der Waals surface area (Å²) in [5.74, 6) is 0. The second kappa shape index (κ2) is 9.04. The Morgan fingerprint density at radius 1 is 0.900 bits per heavy atom. The lowest BCUT2D eigenvalue weighted by atomic mass is 9.71. The van der Waals surface area contributed by atoms with E-state index in [1.165, 1.54) is 19.3 Å². The maximum Gasteiger partial charge on any atom is 0.0518 e. The number of nitrogens with one attached hydrogen (secondary N) is 1. The Labute approximate surface area is 128 Å². The maximum absolute atomic E-state index is 5.71. The smallest absolute Gasteiger partial charge is 0.0518 e. The molecule has 0 radical (unpaired) electrons. The van der Waals surface area contributed by atoms with E-state index in [9.17, 15) is 0 Å². The van der Waals surface area contributed by atoms with Crippen molar-refractivity contribution in [1.29, 1.82) is 0 Å². The van der Waals surface area contributed by atoms with Crippen LogP contribution in [0.15, 0.2) is 0 Å². The summed E-state index contributed by atoms with van der Waals surface area (Å²) >= 11 is 0. The Hall–Kier alpha value is -0.0800. The van der Waals surface area contributed by atoms with Crippen LogP contribution in [0.5, 0.6) is 0 Å². The first-order valence-electron chi connectivity index (χ1n) is 8.39. The molecule has 0 spiro atoms. The zero-order chi connectivity index (χ0) is 15.8. The fourth-order valence-corrected chi connectivity index (χ4v) is 3.00. The molecule has 0 aromatic rings. The Morgan fingerprint density at radius 3 is 1.95 bits per heavy atom. The molecule has 0 amide bonds. The third-order valence-corrected chi connectivity index (χ3v) is 3.77. The Kier molecular flexibility index (Phi) is 9.01. The van der Waals surface area contributed by atoms with Gasteiger partial charge in [-0.05, 0) is 56.9 Å². The summed E-state index contributed by atoms with van der Waals surface area (Å²) in [6.07, 6.45) is 5.33. The van der Waals surface area contributed by atoms with Crippen LogP contribution >= 0.6 is 0 Å². The summed E-state index contributed by atoms with van der Waals surface area (Å²) in [6, 6.07) is 0.600. The largest absolute Gasteiger partial charge is 0.379 e. The predicted octanol–water partition coefficient (Wildman–Crippen LogP) is 5.02. The molecule has 0 unspecified atom stereocenters. The molecule has 0 aromatic carbocycles. The summed E-state index contributed by atoms with van der Waals surface area (Å²) in [5, 5.41) is 3.51. The molecule has 0 aromatic heterocycles. The Morgan fingerprint density at radius 2 is 1.45 bits per heavy atom. The van der Waals surface area contributed by atoms with Gasteiger partial charge in [0.2, 0.25) is 0 Å². The second-order valence-corrected chi connectivity index (χ2v) is 8.39. The van der Waals surface area contributed by atoms with Gasteiger partial charge in [0.25, 0.3) is 0 Å². The SMILES string of the molecule is CC(C)NCCCC(C)(C)CC(C)(C)CCOC(C)C. The number of hydrogen-bond acceptors (Lipinski definition) is 2. The van der Waals surface area contributed by atoms with Crippen LogP contribution in [-0.2, 0) is 4.74 Å². The van der Waals surface area contributed by atoms with Gasteiger partial charge in [0.15, 0.2) is 0 Å². The molecule has 122 valence electrons. The molecule has 0 aliphatic rings. The summed E-state index contributed by atoms with van der Waals surface area (Å²) < 4.78 is 5.71. The van der Waals surface area contributed by atoms with Gasteiger partial charge in [0.1, 0.15) is 0 Å². The van der Waals surface area contributed by atoms with E-state index >= 15 is 0 Å². The average Bonchev–Trinajstić information content (AvgIpc) is 2.21. The molecule has 0 rings (SSSR count). The molecular weight excluding hydrogens is 246 g/mol. The molecule has 0 saturated carbocycles. The van der Waals surface area contributed by atoms with E-state index in [1.54, 1.807) is 0 Å².